The zero-order valence-electron chi connectivity index (χ0n) is 27.1. The number of rotatable bonds is 16. The van der Waals surface area contributed by atoms with Crippen molar-refractivity contribution in [2.75, 3.05) is 14.2 Å². The fourth-order valence-electron chi connectivity index (χ4n) is 6.15. The van der Waals surface area contributed by atoms with E-state index in [-0.39, 0.29) is 0 Å². The fourth-order valence-corrected chi connectivity index (χ4v) is 22.7. The molecule has 0 radical (unpaired) electrons. The van der Waals surface area contributed by atoms with Crippen LogP contribution in [0.2, 0.25) is 13.3 Å². The third kappa shape index (κ3) is 9.24. The summed E-state index contributed by atoms with van der Waals surface area (Å²) in [6, 6.07) is 4.09. The van der Waals surface area contributed by atoms with Crippen molar-refractivity contribution in [2.24, 2.45) is 0 Å². The van der Waals surface area contributed by atoms with Gasteiger partial charge in [-0.3, -0.25) is 0 Å². The summed E-state index contributed by atoms with van der Waals surface area (Å²) < 4.78 is 40.5. The van der Waals surface area contributed by atoms with Crippen molar-refractivity contribution in [2.45, 2.75) is 131 Å². The van der Waals surface area contributed by atoms with Gasteiger partial charge in [0.2, 0.25) is 0 Å². The molecule has 5 atom stereocenters. The minimum absolute atomic E-state index is 0.564. The number of hydrogen-bond donors (Lipinski definition) is 0. The Labute approximate surface area is 256 Å². The molecule has 1 aromatic rings. The predicted octanol–water partition coefficient (Wildman–Crippen LogP) is 6.01. The van der Waals surface area contributed by atoms with Gasteiger partial charge in [-0.05, 0) is 0 Å². The number of benzene rings is 1. The molecule has 238 valence electrons. The molecule has 1 saturated heterocycles. The van der Waals surface area contributed by atoms with E-state index in [0.717, 1.165) is 25.0 Å². The van der Waals surface area contributed by atoms with Crippen molar-refractivity contribution < 1.29 is 42.8 Å². The fraction of sp³-hybridized carbons (Fsp3) is 0.719. The van der Waals surface area contributed by atoms with E-state index in [1.807, 2.05) is 6.07 Å². The van der Waals surface area contributed by atoms with Gasteiger partial charge in [0, 0.05) is 0 Å². The molecule has 0 saturated carbocycles. The van der Waals surface area contributed by atoms with E-state index >= 15 is 0 Å². The standard InChI is InChI=1S/C20H25O9.3C4H9.Sn/c1-10-17(27-11(2)21)19(28-12(3)22)20(29-13(4)23)18(26-10)15-9-14(24-5)7-8-16(15)25-6;3*1-3-4-2;/h8-10,17-20H,1-6H3;3*1,3-4H2,2H3;/t10-,17+,18+,19+,20+;;;;/m0..../s1. The Hall–Kier alpha value is -2.01. The van der Waals surface area contributed by atoms with Crippen molar-refractivity contribution >= 4 is 39.9 Å². The van der Waals surface area contributed by atoms with Gasteiger partial charge in [0.15, 0.2) is 0 Å². The Morgan fingerprint density at radius 2 is 1.17 bits per heavy atom. The summed E-state index contributed by atoms with van der Waals surface area (Å²) in [5.74, 6) is -0.333. The number of unbranched alkanes of at least 4 members (excludes halogenated alkanes) is 3. The van der Waals surface area contributed by atoms with Crippen molar-refractivity contribution in [3.05, 3.63) is 17.7 Å². The molecule has 1 fully saturated rings. The number of hydrogen-bond acceptors (Lipinski definition) is 9. The summed E-state index contributed by atoms with van der Waals surface area (Å²) in [7, 11) is 3.31. The number of ether oxygens (including phenoxy) is 6. The SMILES string of the molecule is CCC[CH2][Sn]([CH2]CCC)([CH2]CCC)[c]1cc(OC)c([C@H]2O[C@@H](C)[C@@H](OC(C)=O)[C@@H](OC(C)=O)[C@@H]2OC(C)=O)cc1OC. The third-order valence-corrected chi connectivity index (χ3v) is 23.7. The molecule has 0 aromatic heterocycles. The van der Waals surface area contributed by atoms with Gasteiger partial charge in [0.1, 0.15) is 0 Å². The monoisotopic (exact) mass is 700 g/mol. The summed E-state index contributed by atoms with van der Waals surface area (Å²) in [4.78, 5) is 36.5. The van der Waals surface area contributed by atoms with Gasteiger partial charge in [0.25, 0.3) is 0 Å². The number of esters is 3. The van der Waals surface area contributed by atoms with Gasteiger partial charge >= 0.3 is 257 Å². The topological polar surface area (TPSA) is 107 Å². The van der Waals surface area contributed by atoms with E-state index in [9.17, 15) is 14.4 Å². The number of carbonyl (C=O) groups excluding carboxylic acids is 3. The zero-order chi connectivity index (χ0) is 31.4. The molecule has 0 amide bonds. The molecule has 42 heavy (non-hydrogen) atoms. The van der Waals surface area contributed by atoms with Crippen LogP contribution >= 0.6 is 0 Å². The Bertz CT molecular complexity index is 1020. The summed E-state index contributed by atoms with van der Waals surface area (Å²) >= 11 is -2.98. The van der Waals surface area contributed by atoms with E-state index in [1.165, 1.54) is 56.9 Å². The molecule has 0 spiro atoms. The number of carbonyl (C=O) groups is 3. The molecule has 1 heterocycles. The van der Waals surface area contributed by atoms with Crippen LogP contribution in [-0.4, -0.2) is 74.9 Å². The Balaban J connectivity index is 2.78. The number of methoxy groups -OCH3 is 2. The second kappa shape index (κ2) is 17.3. The Morgan fingerprint density at radius 1 is 0.714 bits per heavy atom. The van der Waals surface area contributed by atoms with Crippen LogP contribution in [0, 0.1) is 0 Å². The van der Waals surface area contributed by atoms with Gasteiger partial charge in [-0.15, -0.1) is 0 Å². The predicted molar refractivity (Wildman–Crippen MR) is 164 cm³/mol. The molecule has 2 rings (SSSR count). The zero-order valence-corrected chi connectivity index (χ0v) is 29.9. The maximum absolute atomic E-state index is 12.3. The van der Waals surface area contributed by atoms with Crippen LogP contribution in [0.1, 0.15) is 98.7 Å². The average molecular weight is 699 g/mol. The van der Waals surface area contributed by atoms with Crippen LogP contribution in [0.5, 0.6) is 11.5 Å². The molecule has 0 unspecified atom stereocenters. The van der Waals surface area contributed by atoms with Crippen molar-refractivity contribution in [1.29, 1.82) is 0 Å². The van der Waals surface area contributed by atoms with Crippen LogP contribution in [-0.2, 0) is 33.3 Å². The molecule has 0 bridgehead atoms. The van der Waals surface area contributed by atoms with Gasteiger partial charge < -0.3 is 0 Å². The minimum atomic E-state index is -2.98. The first-order valence-corrected chi connectivity index (χ1v) is 22.9. The molecule has 1 aliphatic heterocycles. The molecule has 1 aliphatic rings. The van der Waals surface area contributed by atoms with Crippen LogP contribution in [0.4, 0.5) is 0 Å². The first-order valence-electron chi connectivity index (χ1n) is 15.4. The first kappa shape index (κ1) is 36.2. The molecule has 0 aliphatic carbocycles. The van der Waals surface area contributed by atoms with Crippen molar-refractivity contribution in [3.63, 3.8) is 0 Å². The maximum atomic E-state index is 12.3. The normalized spacial score (nSPS) is 22.3. The summed E-state index contributed by atoms with van der Waals surface area (Å²) in [5.41, 5.74) is 0.622. The van der Waals surface area contributed by atoms with Gasteiger partial charge in [-0.1, -0.05) is 0 Å². The van der Waals surface area contributed by atoms with Gasteiger partial charge in [0.05, 0.1) is 0 Å². The molecular formula is C32H52O9Sn. The summed E-state index contributed by atoms with van der Waals surface area (Å²) in [5, 5.41) is 0. The second-order valence-corrected chi connectivity index (χ2v) is 24.5. The summed E-state index contributed by atoms with van der Waals surface area (Å²) in [6.45, 7) is 12.3. The Morgan fingerprint density at radius 3 is 1.60 bits per heavy atom. The van der Waals surface area contributed by atoms with Crippen LogP contribution in [0.25, 0.3) is 0 Å². The van der Waals surface area contributed by atoms with E-state index < -0.39 is 66.8 Å². The van der Waals surface area contributed by atoms with E-state index in [0.29, 0.717) is 11.3 Å². The summed E-state index contributed by atoms with van der Waals surface area (Å²) in [6.07, 6.45) is 2.31. The molecule has 0 N–H and O–H groups in total. The molecule has 1 aromatic carbocycles. The molecule has 10 heteroatoms. The van der Waals surface area contributed by atoms with Crippen molar-refractivity contribution in [1.82, 2.24) is 0 Å². The average Bonchev–Trinajstić information content (AvgIpc) is 2.94. The van der Waals surface area contributed by atoms with Crippen LogP contribution in [0.15, 0.2) is 12.1 Å². The second-order valence-electron chi connectivity index (χ2n) is 11.4. The van der Waals surface area contributed by atoms with Crippen LogP contribution < -0.4 is 13.1 Å². The third-order valence-electron chi connectivity index (χ3n) is 8.13. The quantitative estimate of drug-likeness (QED) is 0.117. The van der Waals surface area contributed by atoms with Gasteiger partial charge in [-0.25, -0.2) is 0 Å². The van der Waals surface area contributed by atoms with Crippen LogP contribution in [0.3, 0.4) is 0 Å². The van der Waals surface area contributed by atoms with E-state index in [2.05, 4.69) is 26.8 Å². The Kier molecular flexibility index (Phi) is 14.9. The van der Waals surface area contributed by atoms with E-state index in [4.69, 9.17) is 28.4 Å². The van der Waals surface area contributed by atoms with E-state index in [1.54, 1.807) is 21.1 Å². The molecule has 9 nitrogen and oxygen atoms in total. The van der Waals surface area contributed by atoms with Crippen molar-refractivity contribution in [3.8, 4) is 11.5 Å². The first-order chi connectivity index (χ1) is 20.0. The van der Waals surface area contributed by atoms with Gasteiger partial charge in [-0.2, -0.15) is 0 Å². The molecular weight excluding hydrogens is 647 g/mol.